The molecule has 0 aliphatic heterocycles. The average Bonchev–Trinajstić information content (AvgIpc) is 2.67. The monoisotopic (exact) mass is 364 g/mol. The molecule has 0 bridgehead atoms. The van der Waals surface area contributed by atoms with Crippen molar-refractivity contribution in [2.75, 3.05) is 11.9 Å². The number of carbonyl (C=O) groups excluding carboxylic acids is 2. The Bertz CT molecular complexity index is 909. The molecule has 0 fully saturated rings. The molecule has 0 radical (unpaired) electrons. The number of carbonyl (C=O) groups is 2. The first-order valence-corrected chi connectivity index (χ1v) is 8.49. The van der Waals surface area contributed by atoms with Crippen LogP contribution in [0.1, 0.15) is 10.4 Å². The lowest BCUT2D eigenvalue weighted by Crippen LogP contribution is -2.32. The second-order valence-electron chi connectivity index (χ2n) is 5.68. The molecule has 0 saturated carbocycles. The highest BCUT2D eigenvalue weighted by Crippen LogP contribution is 2.20. The summed E-state index contributed by atoms with van der Waals surface area (Å²) in [5, 5.41) is 5.81. The summed E-state index contributed by atoms with van der Waals surface area (Å²) in [6.07, 6.45) is 0. The van der Waals surface area contributed by atoms with Crippen LogP contribution < -0.4 is 10.6 Å². The van der Waals surface area contributed by atoms with E-state index in [2.05, 4.69) is 10.6 Å². The van der Waals surface area contributed by atoms with Crippen LogP contribution in [0.2, 0.25) is 5.02 Å². The van der Waals surface area contributed by atoms with Crippen molar-refractivity contribution in [2.24, 2.45) is 0 Å². The van der Waals surface area contributed by atoms with Crippen LogP contribution in [0, 0.1) is 0 Å². The van der Waals surface area contributed by atoms with Crippen molar-refractivity contribution in [1.82, 2.24) is 5.32 Å². The second-order valence-corrected chi connectivity index (χ2v) is 6.12. The van der Waals surface area contributed by atoms with Gasteiger partial charge in [0.15, 0.2) is 0 Å². The summed E-state index contributed by atoms with van der Waals surface area (Å²) < 4.78 is 0. The third-order valence-corrected chi connectivity index (χ3v) is 4.01. The number of benzene rings is 3. The van der Waals surface area contributed by atoms with Crippen LogP contribution in [0.4, 0.5) is 5.69 Å². The van der Waals surface area contributed by atoms with Crippen molar-refractivity contribution < 1.29 is 9.59 Å². The molecule has 0 aromatic heterocycles. The first-order valence-electron chi connectivity index (χ1n) is 8.11. The molecule has 3 rings (SSSR count). The van der Waals surface area contributed by atoms with Gasteiger partial charge in [0.1, 0.15) is 0 Å². The summed E-state index contributed by atoms with van der Waals surface area (Å²) in [6, 6.07) is 24.1. The SMILES string of the molecule is O=C(CNC(=O)c1cccc(Cl)c1)Nc1ccc(-c2ccccc2)cc1. The molecule has 0 heterocycles. The summed E-state index contributed by atoms with van der Waals surface area (Å²) in [6.45, 7) is -0.119. The zero-order valence-corrected chi connectivity index (χ0v) is 14.7. The van der Waals surface area contributed by atoms with Crippen LogP contribution >= 0.6 is 11.6 Å². The fourth-order valence-electron chi connectivity index (χ4n) is 2.47. The number of rotatable bonds is 5. The van der Waals surface area contributed by atoms with Gasteiger partial charge in [0, 0.05) is 16.3 Å². The van der Waals surface area contributed by atoms with Gasteiger partial charge in [-0.2, -0.15) is 0 Å². The Morgan fingerprint density at radius 1 is 0.808 bits per heavy atom. The number of anilines is 1. The molecule has 0 unspecified atom stereocenters. The van der Waals surface area contributed by atoms with E-state index < -0.39 is 0 Å². The van der Waals surface area contributed by atoms with E-state index in [0.717, 1.165) is 11.1 Å². The standard InChI is InChI=1S/C21H17ClN2O2/c22-18-8-4-7-17(13-18)21(26)23-14-20(25)24-19-11-9-16(10-12-19)15-5-2-1-3-6-15/h1-13H,14H2,(H,23,26)(H,24,25). The van der Waals surface area contributed by atoms with E-state index in [1.165, 1.54) is 0 Å². The van der Waals surface area contributed by atoms with Crippen molar-refractivity contribution in [2.45, 2.75) is 0 Å². The fourth-order valence-corrected chi connectivity index (χ4v) is 2.66. The van der Waals surface area contributed by atoms with Gasteiger partial charge in [-0.1, -0.05) is 60.1 Å². The van der Waals surface area contributed by atoms with Gasteiger partial charge in [-0.3, -0.25) is 9.59 Å². The Labute approximate surface area is 156 Å². The van der Waals surface area contributed by atoms with E-state index in [4.69, 9.17) is 11.6 Å². The molecular weight excluding hydrogens is 348 g/mol. The maximum Gasteiger partial charge on any atom is 0.251 e. The smallest absolute Gasteiger partial charge is 0.251 e. The van der Waals surface area contributed by atoms with Gasteiger partial charge in [0.25, 0.3) is 5.91 Å². The molecule has 0 aliphatic rings. The molecule has 0 aliphatic carbocycles. The Kier molecular flexibility index (Phi) is 5.66. The molecule has 0 atom stereocenters. The normalized spacial score (nSPS) is 10.2. The van der Waals surface area contributed by atoms with Crippen LogP contribution in [-0.4, -0.2) is 18.4 Å². The molecule has 2 N–H and O–H groups in total. The van der Waals surface area contributed by atoms with E-state index in [-0.39, 0.29) is 18.4 Å². The molecular formula is C21H17ClN2O2. The first-order chi connectivity index (χ1) is 12.6. The lowest BCUT2D eigenvalue weighted by molar-refractivity contribution is -0.115. The van der Waals surface area contributed by atoms with E-state index in [1.807, 2.05) is 54.6 Å². The first kappa shape index (κ1) is 17.7. The fraction of sp³-hybridized carbons (Fsp3) is 0.0476. The van der Waals surface area contributed by atoms with Crippen molar-refractivity contribution in [1.29, 1.82) is 0 Å². The maximum atomic E-state index is 12.0. The highest BCUT2D eigenvalue weighted by Gasteiger charge is 2.09. The van der Waals surface area contributed by atoms with Gasteiger partial charge in [0.2, 0.25) is 5.91 Å². The highest BCUT2D eigenvalue weighted by molar-refractivity contribution is 6.31. The summed E-state index contributed by atoms with van der Waals surface area (Å²) in [5.74, 6) is -0.644. The maximum absolute atomic E-state index is 12.0. The summed E-state index contributed by atoms with van der Waals surface area (Å²) in [7, 11) is 0. The quantitative estimate of drug-likeness (QED) is 0.706. The van der Waals surface area contributed by atoms with E-state index in [0.29, 0.717) is 16.3 Å². The van der Waals surface area contributed by atoms with Gasteiger partial charge in [0.05, 0.1) is 6.54 Å². The molecule has 5 heteroatoms. The summed E-state index contributed by atoms with van der Waals surface area (Å²) in [5.41, 5.74) is 3.27. The Morgan fingerprint density at radius 3 is 2.19 bits per heavy atom. The van der Waals surface area contributed by atoms with Gasteiger partial charge < -0.3 is 10.6 Å². The van der Waals surface area contributed by atoms with E-state index >= 15 is 0 Å². The van der Waals surface area contributed by atoms with Crippen LogP contribution in [0.15, 0.2) is 78.9 Å². The third-order valence-electron chi connectivity index (χ3n) is 3.77. The van der Waals surface area contributed by atoms with E-state index in [1.54, 1.807) is 24.3 Å². The van der Waals surface area contributed by atoms with Gasteiger partial charge >= 0.3 is 0 Å². The minimum atomic E-state index is -0.345. The Morgan fingerprint density at radius 2 is 1.50 bits per heavy atom. The molecule has 0 saturated heterocycles. The zero-order chi connectivity index (χ0) is 18.4. The second kappa shape index (κ2) is 8.32. The van der Waals surface area contributed by atoms with Gasteiger partial charge in [-0.25, -0.2) is 0 Å². The summed E-state index contributed by atoms with van der Waals surface area (Å²) in [4.78, 5) is 24.0. The topological polar surface area (TPSA) is 58.2 Å². The molecule has 0 spiro atoms. The number of halogens is 1. The van der Waals surface area contributed by atoms with Crippen molar-refractivity contribution in [3.05, 3.63) is 89.4 Å². The Hall–Kier alpha value is -3.11. The molecule has 3 aromatic carbocycles. The Balaban J connectivity index is 1.54. The third kappa shape index (κ3) is 4.71. The van der Waals surface area contributed by atoms with Crippen LogP contribution in [0.25, 0.3) is 11.1 Å². The molecule has 26 heavy (non-hydrogen) atoms. The lowest BCUT2D eigenvalue weighted by atomic mass is 10.1. The largest absolute Gasteiger partial charge is 0.343 e. The molecule has 4 nitrogen and oxygen atoms in total. The van der Waals surface area contributed by atoms with Crippen LogP contribution in [-0.2, 0) is 4.79 Å². The molecule has 2 amide bonds. The minimum Gasteiger partial charge on any atom is -0.343 e. The number of hydrogen-bond acceptors (Lipinski definition) is 2. The van der Waals surface area contributed by atoms with Gasteiger partial charge in [-0.05, 0) is 41.5 Å². The lowest BCUT2D eigenvalue weighted by Gasteiger charge is -2.08. The predicted octanol–water partition coefficient (Wildman–Crippen LogP) is 4.38. The van der Waals surface area contributed by atoms with Crippen LogP contribution in [0.3, 0.4) is 0 Å². The number of amides is 2. The van der Waals surface area contributed by atoms with Gasteiger partial charge in [-0.15, -0.1) is 0 Å². The number of nitrogens with one attached hydrogen (secondary N) is 2. The highest BCUT2D eigenvalue weighted by atomic mass is 35.5. The zero-order valence-electron chi connectivity index (χ0n) is 13.9. The molecule has 130 valence electrons. The molecule has 3 aromatic rings. The van der Waals surface area contributed by atoms with Crippen molar-refractivity contribution >= 4 is 29.1 Å². The van der Waals surface area contributed by atoms with Crippen LogP contribution in [0.5, 0.6) is 0 Å². The average molecular weight is 365 g/mol. The predicted molar refractivity (Wildman–Crippen MR) is 104 cm³/mol. The van der Waals surface area contributed by atoms with Crippen molar-refractivity contribution in [3.63, 3.8) is 0 Å². The van der Waals surface area contributed by atoms with Crippen molar-refractivity contribution in [3.8, 4) is 11.1 Å². The minimum absolute atomic E-state index is 0.119. The number of hydrogen-bond donors (Lipinski definition) is 2. The summed E-state index contributed by atoms with van der Waals surface area (Å²) >= 11 is 5.86. The van der Waals surface area contributed by atoms with E-state index in [9.17, 15) is 9.59 Å².